The molecule has 0 unspecified atom stereocenters. The molecule has 3 N–H and O–H groups in total. The van der Waals surface area contributed by atoms with E-state index >= 15 is 0 Å². The molecule has 0 aliphatic carbocycles. The second-order valence-electron chi connectivity index (χ2n) is 6.50. The quantitative estimate of drug-likeness (QED) is 0.471. The number of hydrazine groups is 1. The van der Waals surface area contributed by atoms with Gasteiger partial charge in [0.05, 0.1) is 19.1 Å². The van der Waals surface area contributed by atoms with Gasteiger partial charge in [-0.25, -0.2) is 8.42 Å². The third-order valence-corrected chi connectivity index (χ3v) is 5.75. The summed E-state index contributed by atoms with van der Waals surface area (Å²) in [6.07, 6.45) is 0. The van der Waals surface area contributed by atoms with Crippen molar-refractivity contribution in [2.24, 2.45) is 0 Å². The number of rotatable bonds is 7. The highest BCUT2D eigenvalue weighted by atomic mass is 32.2. The predicted octanol–water partition coefficient (Wildman–Crippen LogP) is 2.58. The molecule has 0 aliphatic rings. The number of carbonyl (C=O) groups is 2. The Labute approximate surface area is 185 Å². The molecule has 3 rings (SSSR count). The van der Waals surface area contributed by atoms with Crippen LogP contribution in [0.15, 0.2) is 77.7 Å². The van der Waals surface area contributed by atoms with Crippen molar-refractivity contribution in [2.75, 3.05) is 18.9 Å². The van der Waals surface area contributed by atoms with E-state index in [2.05, 4.69) is 15.6 Å². The average molecular weight is 455 g/mol. The maximum atomic E-state index is 12.7. The molecule has 2 amide bonds. The maximum Gasteiger partial charge on any atom is 0.269 e. The van der Waals surface area contributed by atoms with Crippen molar-refractivity contribution in [1.29, 1.82) is 0 Å². The van der Waals surface area contributed by atoms with Gasteiger partial charge in [-0.05, 0) is 60.7 Å². The molecule has 0 bridgehead atoms. The lowest BCUT2D eigenvalue weighted by atomic mass is 10.2. The Hall–Kier alpha value is -4.05. The molecule has 0 saturated heterocycles. The van der Waals surface area contributed by atoms with Gasteiger partial charge in [0.1, 0.15) is 11.5 Å². The molecule has 166 valence electrons. The molecule has 0 aromatic heterocycles. The van der Waals surface area contributed by atoms with Crippen LogP contribution in [0.1, 0.15) is 20.7 Å². The molecular formula is C22H21N3O6S. The lowest BCUT2D eigenvalue weighted by Crippen LogP contribution is -2.41. The fourth-order valence-electron chi connectivity index (χ4n) is 2.70. The maximum absolute atomic E-state index is 12.7. The summed E-state index contributed by atoms with van der Waals surface area (Å²) in [4.78, 5) is 24.5. The molecule has 9 nitrogen and oxygen atoms in total. The first-order valence-corrected chi connectivity index (χ1v) is 10.8. The Morgan fingerprint density at radius 2 is 1.28 bits per heavy atom. The zero-order valence-electron chi connectivity index (χ0n) is 17.3. The van der Waals surface area contributed by atoms with E-state index < -0.39 is 21.8 Å². The van der Waals surface area contributed by atoms with Gasteiger partial charge >= 0.3 is 0 Å². The molecule has 10 heteroatoms. The predicted molar refractivity (Wildman–Crippen MR) is 118 cm³/mol. The van der Waals surface area contributed by atoms with Gasteiger partial charge in [0, 0.05) is 16.8 Å². The number of carbonyl (C=O) groups excluding carboxylic acids is 2. The number of benzene rings is 3. The van der Waals surface area contributed by atoms with Crippen LogP contribution in [0.4, 0.5) is 5.69 Å². The molecule has 3 aromatic carbocycles. The minimum absolute atomic E-state index is 0.0496. The van der Waals surface area contributed by atoms with E-state index in [1.807, 2.05) is 0 Å². The largest absolute Gasteiger partial charge is 0.497 e. The molecule has 0 radical (unpaired) electrons. The third-order valence-electron chi connectivity index (χ3n) is 4.37. The van der Waals surface area contributed by atoms with Gasteiger partial charge in [-0.2, -0.15) is 0 Å². The lowest BCUT2D eigenvalue weighted by Gasteiger charge is -2.11. The number of hydrogen-bond acceptors (Lipinski definition) is 6. The number of sulfonamides is 1. The third kappa shape index (κ3) is 5.55. The first kappa shape index (κ1) is 22.6. The van der Waals surface area contributed by atoms with Gasteiger partial charge in [0.25, 0.3) is 21.8 Å². The zero-order chi connectivity index (χ0) is 23.1. The molecule has 0 spiro atoms. The Balaban J connectivity index is 1.68. The van der Waals surface area contributed by atoms with E-state index in [9.17, 15) is 18.0 Å². The summed E-state index contributed by atoms with van der Waals surface area (Å²) in [6, 6.07) is 18.2. The highest BCUT2D eigenvalue weighted by Crippen LogP contribution is 2.20. The van der Waals surface area contributed by atoms with Crippen molar-refractivity contribution in [2.45, 2.75) is 4.90 Å². The van der Waals surface area contributed by atoms with Crippen LogP contribution in [-0.2, 0) is 10.0 Å². The van der Waals surface area contributed by atoms with Gasteiger partial charge in [0.15, 0.2) is 0 Å². The van der Waals surface area contributed by atoms with Crippen molar-refractivity contribution in [3.05, 3.63) is 83.9 Å². The molecule has 3 aromatic rings. The van der Waals surface area contributed by atoms with Crippen LogP contribution in [0, 0.1) is 0 Å². The van der Waals surface area contributed by atoms with E-state index in [0.717, 1.165) is 0 Å². The van der Waals surface area contributed by atoms with E-state index in [1.165, 1.54) is 44.6 Å². The Bertz CT molecular complexity index is 1230. The van der Waals surface area contributed by atoms with E-state index in [-0.39, 0.29) is 16.0 Å². The van der Waals surface area contributed by atoms with Crippen LogP contribution in [0.5, 0.6) is 11.5 Å². The summed E-state index contributed by atoms with van der Waals surface area (Å²) < 4.78 is 37.9. The number of ether oxygens (including phenoxy) is 2. The fourth-order valence-corrected chi connectivity index (χ4v) is 3.80. The molecule has 0 fully saturated rings. The second-order valence-corrected chi connectivity index (χ2v) is 8.18. The highest BCUT2D eigenvalue weighted by molar-refractivity contribution is 7.92. The molecule has 0 aliphatic heterocycles. The summed E-state index contributed by atoms with van der Waals surface area (Å²) in [7, 11) is -0.959. The van der Waals surface area contributed by atoms with Crippen LogP contribution in [0.25, 0.3) is 0 Å². The van der Waals surface area contributed by atoms with Gasteiger partial charge in [-0.15, -0.1) is 0 Å². The smallest absolute Gasteiger partial charge is 0.269 e. The zero-order valence-corrected chi connectivity index (χ0v) is 18.1. The molecule has 32 heavy (non-hydrogen) atoms. The van der Waals surface area contributed by atoms with Crippen molar-refractivity contribution >= 4 is 27.5 Å². The average Bonchev–Trinajstić information content (AvgIpc) is 2.82. The van der Waals surface area contributed by atoms with Crippen LogP contribution in [0.3, 0.4) is 0 Å². The number of methoxy groups -OCH3 is 2. The summed E-state index contributed by atoms with van der Waals surface area (Å²) in [6.45, 7) is 0. The van der Waals surface area contributed by atoms with Crippen LogP contribution in [-0.4, -0.2) is 34.5 Å². The van der Waals surface area contributed by atoms with Crippen molar-refractivity contribution < 1.29 is 27.5 Å². The normalized spacial score (nSPS) is 10.7. The van der Waals surface area contributed by atoms with E-state index in [1.54, 1.807) is 42.5 Å². The van der Waals surface area contributed by atoms with Crippen molar-refractivity contribution in [3.8, 4) is 11.5 Å². The van der Waals surface area contributed by atoms with Crippen molar-refractivity contribution in [1.82, 2.24) is 10.9 Å². The van der Waals surface area contributed by atoms with Gasteiger partial charge in [-0.1, -0.05) is 12.1 Å². The summed E-state index contributed by atoms with van der Waals surface area (Å²) in [5.74, 6) is -0.154. The Morgan fingerprint density at radius 3 is 1.88 bits per heavy atom. The minimum Gasteiger partial charge on any atom is -0.497 e. The standard InChI is InChI=1S/C22H21N3O6S/c1-30-18-11-9-17(10-12-18)25-32(28,29)20-8-4-6-16(14-20)22(27)24-23-21(26)15-5-3-7-19(13-15)31-2/h3-14,25H,1-2H3,(H,23,26)(H,24,27). The summed E-state index contributed by atoms with van der Waals surface area (Å²) in [5.41, 5.74) is 5.22. The van der Waals surface area contributed by atoms with E-state index in [0.29, 0.717) is 17.2 Å². The van der Waals surface area contributed by atoms with E-state index in [4.69, 9.17) is 9.47 Å². The Morgan fingerprint density at radius 1 is 0.719 bits per heavy atom. The minimum atomic E-state index is -3.94. The monoisotopic (exact) mass is 455 g/mol. The number of nitrogens with one attached hydrogen (secondary N) is 3. The second kappa shape index (κ2) is 9.84. The Kier molecular flexibility index (Phi) is 6.96. The van der Waals surface area contributed by atoms with Crippen LogP contribution < -0.4 is 25.0 Å². The van der Waals surface area contributed by atoms with Crippen LogP contribution in [0.2, 0.25) is 0 Å². The van der Waals surface area contributed by atoms with Gasteiger partial charge < -0.3 is 9.47 Å². The fraction of sp³-hybridized carbons (Fsp3) is 0.0909. The molecular weight excluding hydrogens is 434 g/mol. The SMILES string of the molecule is COc1ccc(NS(=O)(=O)c2cccc(C(=O)NNC(=O)c3cccc(OC)c3)c2)cc1. The number of amides is 2. The number of anilines is 1. The first-order chi connectivity index (χ1) is 15.3. The molecule has 0 heterocycles. The van der Waals surface area contributed by atoms with Gasteiger partial charge in [0.2, 0.25) is 0 Å². The topological polar surface area (TPSA) is 123 Å². The first-order valence-electron chi connectivity index (χ1n) is 9.34. The summed E-state index contributed by atoms with van der Waals surface area (Å²) in [5, 5.41) is 0. The van der Waals surface area contributed by atoms with Gasteiger partial charge in [-0.3, -0.25) is 25.2 Å². The molecule has 0 saturated carbocycles. The highest BCUT2D eigenvalue weighted by Gasteiger charge is 2.17. The van der Waals surface area contributed by atoms with Crippen LogP contribution >= 0.6 is 0 Å². The number of hydrogen-bond donors (Lipinski definition) is 3. The van der Waals surface area contributed by atoms with Crippen molar-refractivity contribution in [3.63, 3.8) is 0 Å². The lowest BCUT2D eigenvalue weighted by molar-refractivity contribution is 0.0846. The summed E-state index contributed by atoms with van der Waals surface area (Å²) >= 11 is 0. The molecule has 0 atom stereocenters.